The van der Waals surface area contributed by atoms with Gasteiger partial charge in [-0.25, -0.2) is 15.4 Å². The van der Waals surface area contributed by atoms with Gasteiger partial charge in [0, 0.05) is 15.4 Å². The van der Waals surface area contributed by atoms with Gasteiger partial charge in [0.25, 0.3) is 0 Å². The summed E-state index contributed by atoms with van der Waals surface area (Å²) in [5, 5.41) is 15.6. The molecule has 0 spiro atoms. The number of rotatable bonds is 5. The van der Waals surface area contributed by atoms with Crippen LogP contribution in [-0.4, -0.2) is 21.1 Å². The van der Waals surface area contributed by atoms with Crippen LogP contribution < -0.4 is 5.43 Å². The summed E-state index contributed by atoms with van der Waals surface area (Å²) >= 11 is 3.48. The van der Waals surface area contributed by atoms with Crippen LogP contribution in [0.5, 0.6) is 0 Å². The van der Waals surface area contributed by atoms with Gasteiger partial charge in [-0.1, -0.05) is 46.3 Å². The quantitative estimate of drug-likeness (QED) is 0.267. The highest BCUT2D eigenvalue weighted by molar-refractivity contribution is 9.10. The van der Waals surface area contributed by atoms with Crippen molar-refractivity contribution in [2.75, 3.05) is 5.43 Å². The Hall–Kier alpha value is -3.59. The Balaban J connectivity index is 1.68. The Kier molecular flexibility index (Phi) is 4.81. The van der Waals surface area contributed by atoms with E-state index < -0.39 is 4.92 Å². The van der Waals surface area contributed by atoms with Crippen LogP contribution in [0.15, 0.2) is 74.7 Å². The van der Waals surface area contributed by atoms with Crippen LogP contribution >= 0.6 is 15.9 Å². The molecule has 4 aromatic rings. The fraction of sp³-hybridized carbons (Fsp3) is 0. The molecule has 138 valence electrons. The molecule has 0 fully saturated rings. The average Bonchev–Trinajstić information content (AvgIpc) is 3.18. The molecule has 2 aromatic carbocycles. The number of halogens is 1. The third-order valence-electron chi connectivity index (χ3n) is 3.85. The number of fused-ring (bicyclic) bond motifs is 1. The topological polar surface area (TPSA) is 106 Å². The fourth-order valence-corrected chi connectivity index (χ4v) is 2.99. The number of nitro groups is 1. The fourth-order valence-electron chi connectivity index (χ4n) is 2.63. The van der Waals surface area contributed by atoms with Gasteiger partial charge in [0.05, 0.1) is 23.5 Å². The molecule has 0 amide bonds. The molecule has 0 aliphatic carbocycles. The number of aromatic nitrogens is 2. The number of hydrogen-bond donors (Lipinski definition) is 1. The van der Waals surface area contributed by atoms with Gasteiger partial charge in [-0.05, 0) is 24.3 Å². The van der Waals surface area contributed by atoms with Gasteiger partial charge in [0.1, 0.15) is 4.92 Å². The molecule has 0 saturated carbocycles. The molecule has 0 radical (unpaired) electrons. The smallest absolute Gasteiger partial charge is 0.400 e. The van der Waals surface area contributed by atoms with Crippen LogP contribution in [0.2, 0.25) is 0 Å². The van der Waals surface area contributed by atoms with Gasteiger partial charge in [0.2, 0.25) is 5.95 Å². The SMILES string of the molecule is O=[N+]([O-])c1ccc(/C=N/Nc2nc(-c3ccccc3)c3cc(Br)ccc3n2)o1. The van der Waals surface area contributed by atoms with E-state index in [2.05, 4.69) is 36.4 Å². The van der Waals surface area contributed by atoms with Crippen molar-refractivity contribution in [3.63, 3.8) is 0 Å². The van der Waals surface area contributed by atoms with Gasteiger partial charge in [0.15, 0.2) is 5.76 Å². The molecule has 9 heteroatoms. The van der Waals surface area contributed by atoms with Crippen molar-refractivity contribution < 1.29 is 9.34 Å². The number of hydrazone groups is 1. The van der Waals surface area contributed by atoms with Crippen LogP contribution in [0.25, 0.3) is 22.2 Å². The van der Waals surface area contributed by atoms with Gasteiger partial charge in [-0.2, -0.15) is 5.10 Å². The van der Waals surface area contributed by atoms with E-state index in [1.165, 1.54) is 18.3 Å². The molecule has 0 unspecified atom stereocenters. The van der Waals surface area contributed by atoms with Gasteiger partial charge >= 0.3 is 5.88 Å². The zero-order valence-electron chi connectivity index (χ0n) is 14.2. The molecule has 2 aromatic heterocycles. The molecule has 0 atom stereocenters. The minimum Gasteiger partial charge on any atom is -0.400 e. The Labute approximate surface area is 167 Å². The van der Waals surface area contributed by atoms with E-state index in [0.717, 1.165) is 26.6 Å². The molecule has 4 rings (SSSR count). The van der Waals surface area contributed by atoms with Crippen LogP contribution in [-0.2, 0) is 0 Å². The van der Waals surface area contributed by atoms with E-state index in [4.69, 9.17) is 4.42 Å². The maximum atomic E-state index is 10.7. The monoisotopic (exact) mass is 437 g/mol. The van der Waals surface area contributed by atoms with Gasteiger partial charge in [-0.15, -0.1) is 0 Å². The molecule has 0 aliphatic heterocycles. The van der Waals surface area contributed by atoms with Crippen LogP contribution in [0.4, 0.5) is 11.8 Å². The zero-order valence-corrected chi connectivity index (χ0v) is 15.8. The van der Waals surface area contributed by atoms with E-state index in [0.29, 0.717) is 5.95 Å². The number of hydrogen-bond acceptors (Lipinski definition) is 7. The molecule has 0 saturated heterocycles. The molecule has 8 nitrogen and oxygen atoms in total. The zero-order chi connectivity index (χ0) is 19.5. The summed E-state index contributed by atoms with van der Waals surface area (Å²) in [4.78, 5) is 19.1. The van der Waals surface area contributed by atoms with E-state index in [1.54, 1.807) is 0 Å². The van der Waals surface area contributed by atoms with E-state index in [9.17, 15) is 10.1 Å². The highest BCUT2D eigenvalue weighted by Gasteiger charge is 2.11. The molecule has 28 heavy (non-hydrogen) atoms. The third-order valence-corrected chi connectivity index (χ3v) is 4.35. The summed E-state index contributed by atoms with van der Waals surface area (Å²) in [5.41, 5.74) is 5.22. The first-order valence-electron chi connectivity index (χ1n) is 8.16. The summed E-state index contributed by atoms with van der Waals surface area (Å²) in [5.74, 6) is 0.193. The van der Waals surface area contributed by atoms with Gasteiger partial charge in [-0.3, -0.25) is 10.1 Å². The van der Waals surface area contributed by atoms with Crippen molar-refractivity contribution in [3.8, 4) is 11.3 Å². The minimum atomic E-state index is -0.610. The van der Waals surface area contributed by atoms with E-state index >= 15 is 0 Å². The molecule has 0 bridgehead atoms. The Morgan fingerprint density at radius 2 is 1.93 bits per heavy atom. The first-order valence-corrected chi connectivity index (χ1v) is 8.95. The number of nitrogens with zero attached hydrogens (tertiary/aromatic N) is 4. The van der Waals surface area contributed by atoms with Crippen molar-refractivity contribution in [2.45, 2.75) is 0 Å². The number of anilines is 1. The minimum absolute atomic E-state index is 0.243. The van der Waals surface area contributed by atoms with Crippen molar-refractivity contribution in [3.05, 3.63) is 81.0 Å². The predicted octanol–water partition coefficient (Wildman–Crippen LogP) is 5.01. The lowest BCUT2D eigenvalue weighted by Gasteiger charge is -2.09. The second-order valence-corrected chi connectivity index (χ2v) is 6.64. The summed E-state index contributed by atoms with van der Waals surface area (Å²) in [6.45, 7) is 0. The summed E-state index contributed by atoms with van der Waals surface area (Å²) in [7, 11) is 0. The van der Waals surface area contributed by atoms with E-state index in [1.807, 2.05) is 48.5 Å². The first kappa shape index (κ1) is 17.8. The maximum absolute atomic E-state index is 10.7. The molecule has 0 aliphatic rings. The Morgan fingerprint density at radius 3 is 2.68 bits per heavy atom. The molecule has 1 N–H and O–H groups in total. The van der Waals surface area contributed by atoms with Crippen LogP contribution in [0.1, 0.15) is 5.76 Å². The first-order chi connectivity index (χ1) is 13.6. The van der Waals surface area contributed by atoms with Crippen molar-refractivity contribution in [2.24, 2.45) is 5.10 Å². The van der Waals surface area contributed by atoms with Gasteiger partial charge < -0.3 is 4.42 Å². The summed E-state index contributed by atoms with van der Waals surface area (Å²) in [6.07, 6.45) is 1.32. The average molecular weight is 438 g/mol. The lowest BCUT2D eigenvalue weighted by Crippen LogP contribution is -1.99. The highest BCUT2D eigenvalue weighted by Crippen LogP contribution is 2.29. The second-order valence-electron chi connectivity index (χ2n) is 5.73. The summed E-state index contributed by atoms with van der Waals surface area (Å²) < 4.78 is 5.95. The number of nitrogens with one attached hydrogen (secondary N) is 1. The molecule has 2 heterocycles. The summed E-state index contributed by atoms with van der Waals surface area (Å²) in [6, 6.07) is 18.2. The largest absolute Gasteiger partial charge is 0.433 e. The normalized spacial score (nSPS) is 11.2. The maximum Gasteiger partial charge on any atom is 0.433 e. The van der Waals surface area contributed by atoms with E-state index in [-0.39, 0.29) is 11.6 Å². The number of furan rings is 1. The predicted molar refractivity (Wildman–Crippen MR) is 109 cm³/mol. The highest BCUT2D eigenvalue weighted by atomic mass is 79.9. The second kappa shape index (κ2) is 7.57. The van der Waals surface area contributed by atoms with Crippen molar-refractivity contribution in [1.82, 2.24) is 9.97 Å². The third kappa shape index (κ3) is 3.74. The van der Waals surface area contributed by atoms with Crippen LogP contribution in [0, 0.1) is 10.1 Å². The number of benzene rings is 2. The lowest BCUT2D eigenvalue weighted by molar-refractivity contribution is -0.402. The van der Waals surface area contributed by atoms with Crippen molar-refractivity contribution in [1.29, 1.82) is 0 Å². The van der Waals surface area contributed by atoms with Crippen LogP contribution in [0.3, 0.4) is 0 Å². The van der Waals surface area contributed by atoms with Crippen molar-refractivity contribution >= 4 is 44.9 Å². The molecular formula is C19H12BrN5O3. The Bertz CT molecular complexity index is 1190. The molecular weight excluding hydrogens is 426 g/mol. The standard InChI is InChI=1S/C19H12BrN5O3/c20-13-6-8-16-15(10-13)18(12-4-2-1-3-5-12)23-19(22-16)24-21-11-14-7-9-17(28-14)25(26)27/h1-11H,(H,22,23,24)/b21-11+. The lowest BCUT2D eigenvalue weighted by atomic mass is 10.1. The Morgan fingerprint density at radius 1 is 1.11 bits per heavy atom.